The minimum Gasteiger partial charge on any atom is -0.368 e. The third kappa shape index (κ3) is 4.43. The largest absolute Gasteiger partial charge is 0.368 e. The SMILES string of the molecule is CN(C)CCC1(c2ccc(C(=O)NC3CCOC(C(N)=O)C3)cc2)CC1. The molecule has 26 heavy (non-hydrogen) atoms. The molecule has 0 bridgehead atoms. The summed E-state index contributed by atoms with van der Waals surface area (Å²) in [7, 11) is 4.20. The summed E-state index contributed by atoms with van der Waals surface area (Å²) < 4.78 is 5.33. The molecule has 2 aliphatic rings. The van der Waals surface area contributed by atoms with Crippen molar-refractivity contribution in [3.63, 3.8) is 0 Å². The molecule has 0 spiro atoms. The fourth-order valence-corrected chi connectivity index (χ4v) is 3.64. The molecule has 1 heterocycles. The molecule has 6 nitrogen and oxygen atoms in total. The van der Waals surface area contributed by atoms with Gasteiger partial charge in [-0.1, -0.05) is 12.1 Å². The maximum Gasteiger partial charge on any atom is 0.251 e. The average molecular weight is 359 g/mol. The molecule has 142 valence electrons. The molecule has 1 aliphatic carbocycles. The summed E-state index contributed by atoms with van der Waals surface area (Å²) in [6.45, 7) is 1.51. The van der Waals surface area contributed by atoms with Gasteiger partial charge >= 0.3 is 0 Å². The van der Waals surface area contributed by atoms with Gasteiger partial charge in [-0.2, -0.15) is 0 Å². The number of nitrogens with zero attached hydrogens (tertiary/aromatic N) is 1. The Balaban J connectivity index is 1.58. The third-order valence-corrected chi connectivity index (χ3v) is 5.59. The van der Waals surface area contributed by atoms with Crippen molar-refractivity contribution in [1.82, 2.24) is 10.2 Å². The lowest BCUT2D eigenvalue weighted by Gasteiger charge is -2.28. The lowest BCUT2D eigenvalue weighted by Crippen LogP contribution is -2.46. The molecule has 1 saturated carbocycles. The second kappa shape index (κ2) is 7.76. The lowest BCUT2D eigenvalue weighted by molar-refractivity contribution is -0.132. The van der Waals surface area contributed by atoms with E-state index in [4.69, 9.17) is 10.5 Å². The van der Waals surface area contributed by atoms with Crippen LogP contribution in [0.1, 0.15) is 48.0 Å². The minimum absolute atomic E-state index is 0.0803. The molecule has 3 rings (SSSR count). The van der Waals surface area contributed by atoms with E-state index in [9.17, 15) is 9.59 Å². The highest BCUT2D eigenvalue weighted by Crippen LogP contribution is 2.51. The Morgan fingerprint density at radius 3 is 2.54 bits per heavy atom. The zero-order valence-electron chi connectivity index (χ0n) is 15.7. The Labute approximate surface area is 155 Å². The molecule has 1 saturated heterocycles. The predicted molar refractivity (Wildman–Crippen MR) is 99.9 cm³/mol. The number of hydrogen-bond donors (Lipinski definition) is 2. The number of nitrogens with two attached hydrogens (primary N) is 1. The molecule has 2 amide bonds. The fraction of sp³-hybridized carbons (Fsp3) is 0.600. The average Bonchev–Trinajstić information content (AvgIpc) is 3.41. The number of carbonyl (C=O) groups excluding carboxylic acids is 2. The number of rotatable bonds is 7. The van der Waals surface area contributed by atoms with Crippen LogP contribution in [0.25, 0.3) is 0 Å². The monoisotopic (exact) mass is 359 g/mol. The number of amides is 2. The van der Waals surface area contributed by atoms with Gasteiger partial charge in [0.15, 0.2) is 0 Å². The molecule has 1 aliphatic heterocycles. The molecule has 0 radical (unpaired) electrons. The van der Waals surface area contributed by atoms with Crippen LogP contribution in [0.4, 0.5) is 0 Å². The van der Waals surface area contributed by atoms with E-state index in [1.807, 2.05) is 12.1 Å². The van der Waals surface area contributed by atoms with Crippen LogP contribution < -0.4 is 11.1 Å². The summed E-state index contributed by atoms with van der Waals surface area (Å²) in [5.41, 5.74) is 7.58. The van der Waals surface area contributed by atoms with Crippen LogP contribution in [0, 0.1) is 0 Å². The van der Waals surface area contributed by atoms with Gasteiger partial charge in [0.05, 0.1) is 0 Å². The first-order valence-corrected chi connectivity index (χ1v) is 9.37. The molecule has 2 atom stereocenters. The Bertz CT molecular complexity index is 653. The molecule has 1 aromatic carbocycles. The maximum absolute atomic E-state index is 12.5. The zero-order valence-corrected chi connectivity index (χ0v) is 15.7. The van der Waals surface area contributed by atoms with Crippen LogP contribution in [0.2, 0.25) is 0 Å². The zero-order chi connectivity index (χ0) is 18.7. The highest BCUT2D eigenvalue weighted by Gasteiger charge is 2.43. The quantitative estimate of drug-likeness (QED) is 0.771. The lowest BCUT2D eigenvalue weighted by atomic mass is 9.91. The first-order valence-electron chi connectivity index (χ1n) is 9.37. The predicted octanol–water partition coefficient (Wildman–Crippen LogP) is 1.43. The van der Waals surface area contributed by atoms with Crippen molar-refractivity contribution in [2.75, 3.05) is 27.2 Å². The molecule has 0 aromatic heterocycles. The van der Waals surface area contributed by atoms with Crippen molar-refractivity contribution in [2.45, 2.75) is 49.7 Å². The fourth-order valence-electron chi connectivity index (χ4n) is 3.64. The minimum atomic E-state index is -0.608. The highest BCUT2D eigenvalue weighted by molar-refractivity contribution is 5.94. The van der Waals surface area contributed by atoms with Crippen molar-refractivity contribution < 1.29 is 14.3 Å². The molecular formula is C20H29N3O3. The van der Waals surface area contributed by atoms with Crippen molar-refractivity contribution in [1.29, 1.82) is 0 Å². The van der Waals surface area contributed by atoms with E-state index in [1.165, 1.54) is 18.4 Å². The Morgan fingerprint density at radius 1 is 1.27 bits per heavy atom. The number of primary amides is 1. The van der Waals surface area contributed by atoms with Crippen LogP contribution in [-0.4, -0.2) is 56.1 Å². The number of ether oxygens (including phenoxy) is 1. The summed E-state index contributed by atoms with van der Waals surface area (Å²) in [6, 6.07) is 7.92. The molecule has 3 N–H and O–H groups in total. The van der Waals surface area contributed by atoms with Crippen LogP contribution in [0.5, 0.6) is 0 Å². The van der Waals surface area contributed by atoms with Gasteiger partial charge in [-0.25, -0.2) is 0 Å². The van der Waals surface area contributed by atoms with Gasteiger partial charge in [0.1, 0.15) is 6.10 Å². The van der Waals surface area contributed by atoms with Crippen LogP contribution in [-0.2, 0) is 14.9 Å². The topological polar surface area (TPSA) is 84.7 Å². The second-order valence-corrected chi connectivity index (χ2v) is 7.87. The number of carbonyl (C=O) groups is 2. The van der Waals surface area contributed by atoms with Gasteiger partial charge in [0.25, 0.3) is 5.91 Å². The Morgan fingerprint density at radius 2 is 1.96 bits per heavy atom. The summed E-state index contributed by atoms with van der Waals surface area (Å²) >= 11 is 0. The van der Waals surface area contributed by atoms with Gasteiger partial charge in [-0.15, -0.1) is 0 Å². The van der Waals surface area contributed by atoms with Crippen LogP contribution in [0.3, 0.4) is 0 Å². The molecule has 2 fully saturated rings. The third-order valence-electron chi connectivity index (χ3n) is 5.59. The van der Waals surface area contributed by atoms with Crippen LogP contribution >= 0.6 is 0 Å². The maximum atomic E-state index is 12.5. The summed E-state index contributed by atoms with van der Waals surface area (Å²) in [5.74, 6) is -0.578. The second-order valence-electron chi connectivity index (χ2n) is 7.87. The molecule has 1 aromatic rings. The number of nitrogens with one attached hydrogen (secondary N) is 1. The van der Waals surface area contributed by atoms with E-state index >= 15 is 0 Å². The van der Waals surface area contributed by atoms with Crippen molar-refractivity contribution in [2.24, 2.45) is 5.73 Å². The van der Waals surface area contributed by atoms with E-state index in [-0.39, 0.29) is 11.9 Å². The standard InChI is InChI=1S/C20H29N3O3/c1-23(2)11-10-20(8-9-20)15-5-3-14(4-6-15)19(25)22-16-7-12-26-17(13-16)18(21)24/h3-6,16-17H,7-13H2,1-2H3,(H2,21,24)(H,22,25). The highest BCUT2D eigenvalue weighted by atomic mass is 16.5. The van der Waals surface area contributed by atoms with Gasteiger partial charge in [0.2, 0.25) is 5.91 Å². The van der Waals surface area contributed by atoms with E-state index in [0.29, 0.717) is 30.4 Å². The van der Waals surface area contributed by atoms with E-state index in [1.54, 1.807) is 0 Å². The van der Waals surface area contributed by atoms with Crippen molar-refractivity contribution in [3.05, 3.63) is 35.4 Å². The van der Waals surface area contributed by atoms with Crippen molar-refractivity contribution >= 4 is 11.8 Å². The van der Waals surface area contributed by atoms with Crippen molar-refractivity contribution in [3.8, 4) is 0 Å². The molecule has 6 heteroatoms. The van der Waals surface area contributed by atoms with E-state index in [2.05, 4.69) is 36.4 Å². The number of hydrogen-bond acceptors (Lipinski definition) is 4. The first kappa shape index (κ1) is 18.9. The van der Waals surface area contributed by atoms with E-state index < -0.39 is 12.0 Å². The van der Waals surface area contributed by atoms with Gasteiger partial charge in [-0.3, -0.25) is 9.59 Å². The molecular weight excluding hydrogens is 330 g/mol. The smallest absolute Gasteiger partial charge is 0.251 e. The number of benzene rings is 1. The Kier molecular flexibility index (Phi) is 5.63. The van der Waals surface area contributed by atoms with Gasteiger partial charge in [0, 0.05) is 24.6 Å². The first-order chi connectivity index (χ1) is 12.4. The van der Waals surface area contributed by atoms with Crippen LogP contribution in [0.15, 0.2) is 24.3 Å². The van der Waals surface area contributed by atoms with E-state index in [0.717, 1.165) is 13.0 Å². The Hall–Kier alpha value is -1.92. The summed E-state index contributed by atoms with van der Waals surface area (Å²) in [6.07, 6.45) is 4.13. The molecule has 2 unspecified atom stereocenters. The normalized spacial score (nSPS) is 24.3. The van der Waals surface area contributed by atoms with Gasteiger partial charge < -0.3 is 20.7 Å². The summed E-state index contributed by atoms with van der Waals surface area (Å²) in [4.78, 5) is 26.0. The van der Waals surface area contributed by atoms with Gasteiger partial charge in [-0.05, 0) is 69.4 Å². The summed E-state index contributed by atoms with van der Waals surface area (Å²) in [5, 5.41) is 3.00.